The summed E-state index contributed by atoms with van der Waals surface area (Å²) in [4.78, 5) is 27.9. The Morgan fingerprint density at radius 2 is 2.12 bits per heavy atom. The van der Waals surface area contributed by atoms with Gasteiger partial charge in [-0.15, -0.1) is 0 Å². The zero-order chi connectivity index (χ0) is 22.8. The lowest BCUT2D eigenvalue weighted by Crippen LogP contribution is -2.29. The fourth-order valence-corrected chi connectivity index (χ4v) is 5.01. The number of fused-ring (bicyclic) bond motifs is 1. The van der Waals surface area contributed by atoms with E-state index in [1.807, 2.05) is 29.8 Å². The average Bonchev–Trinajstić information content (AvgIpc) is 3.50. The van der Waals surface area contributed by atoms with E-state index in [2.05, 4.69) is 26.3 Å². The largest absolute Gasteiger partial charge is 0.394 e. The van der Waals surface area contributed by atoms with Gasteiger partial charge >= 0.3 is 0 Å². The molecule has 8 nitrogen and oxygen atoms in total. The third-order valence-corrected chi connectivity index (χ3v) is 6.68. The highest BCUT2D eigenvalue weighted by Crippen LogP contribution is 2.31. The van der Waals surface area contributed by atoms with Gasteiger partial charge in [-0.3, -0.25) is 4.79 Å². The number of aliphatic hydroxyl groups excluding tert-OH is 1. The molecule has 1 aromatic carbocycles. The summed E-state index contributed by atoms with van der Waals surface area (Å²) in [6, 6.07) is 5.80. The Balaban J connectivity index is 1.49. The number of H-pyrrole nitrogens is 2. The van der Waals surface area contributed by atoms with Crippen LogP contribution in [0.1, 0.15) is 44.1 Å². The Hall–Kier alpha value is -3.39. The van der Waals surface area contributed by atoms with Crippen LogP contribution in [0.4, 0.5) is 5.69 Å². The number of aromatic nitrogens is 5. The summed E-state index contributed by atoms with van der Waals surface area (Å²) in [5.41, 5.74) is 4.57. The number of imidazole rings is 2. The molecule has 0 radical (unpaired) electrons. The monoisotopic (exact) mass is 446 g/mol. The molecule has 0 bridgehead atoms. The second kappa shape index (κ2) is 9.23. The first-order valence-electron chi connectivity index (χ1n) is 11.7. The molecule has 1 aliphatic rings. The highest BCUT2D eigenvalue weighted by molar-refractivity contribution is 5.86. The first-order chi connectivity index (χ1) is 16.1. The van der Waals surface area contributed by atoms with Crippen molar-refractivity contribution >= 4 is 16.7 Å². The van der Waals surface area contributed by atoms with Gasteiger partial charge in [-0.2, -0.15) is 0 Å². The van der Waals surface area contributed by atoms with Crippen molar-refractivity contribution in [2.75, 3.05) is 11.9 Å². The number of hydrogen-bond acceptors (Lipinski definition) is 5. The summed E-state index contributed by atoms with van der Waals surface area (Å²) in [6.45, 7) is 2.03. The van der Waals surface area contributed by atoms with Crippen molar-refractivity contribution < 1.29 is 5.11 Å². The molecule has 172 valence electrons. The third kappa shape index (κ3) is 4.43. The summed E-state index contributed by atoms with van der Waals surface area (Å²) < 4.78 is 1.94. The maximum absolute atomic E-state index is 12.9. The third-order valence-electron chi connectivity index (χ3n) is 6.68. The molecule has 1 aliphatic carbocycles. The number of pyridine rings is 1. The number of aromatic amines is 2. The van der Waals surface area contributed by atoms with E-state index in [0.29, 0.717) is 23.0 Å². The number of anilines is 1. The summed E-state index contributed by atoms with van der Waals surface area (Å²) in [6.07, 6.45) is 14.2. The van der Waals surface area contributed by atoms with Gasteiger partial charge in [0.05, 0.1) is 29.7 Å². The minimum atomic E-state index is -0.221. The first-order valence-corrected chi connectivity index (χ1v) is 11.7. The Kier molecular flexibility index (Phi) is 6.00. The van der Waals surface area contributed by atoms with Crippen LogP contribution >= 0.6 is 0 Å². The predicted octanol–water partition coefficient (Wildman–Crippen LogP) is 4.16. The van der Waals surface area contributed by atoms with Gasteiger partial charge in [0.15, 0.2) is 0 Å². The van der Waals surface area contributed by atoms with E-state index in [9.17, 15) is 9.90 Å². The van der Waals surface area contributed by atoms with Crippen LogP contribution in [-0.4, -0.2) is 42.3 Å². The maximum Gasteiger partial charge on any atom is 0.261 e. The molecule has 3 heterocycles. The minimum absolute atomic E-state index is 0.0241. The van der Waals surface area contributed by atoms with Crippen LogP contribution in [0.2, 0.25) is 0 Å². The van der Waals surface area contributed by atoms with Crippen molar-refractivity contribution in [1.29, 1.82) is 0 Å². The number of benzene rings is 1. The molecule has 0 amide bonds. The Morgan fingerprint density at radius 3 is 2.88 bits per heavy atom. The molecular weight excluding hydrogens is 416 g/mol. The zero-order valence-corrected chi connectivity index (χ0v) is 18.8. The molecule has 4 aromatic rings. The normalized spacial score (nSPS) is 15.7. The van der Waals surface area contributed by atoms with E-state index < -0.39 is 0 Å². The SMILES string of the molecule is Cc1cc(-n2ccnc2)cc2[nH]c(-c3c(N[C@H](CO)CC4CCCCC4)cc[nH]c3=O)nc12. The Labute approximate surface area is 192 Å². The molecule has 1 saturated carbocycles. The summed E-state index contributed by atoms with van der Waals surface area (Å²) in [7, 11) is 0. The number of nitrogens with one attached hydrogen (secondary N) is 3. The van der Waals surface area contributed by atoms with E-state index in [0.717, 1.165) is 28.7 Å². The lowest BCUT2D eigenvalue weighted by atomic mass is 9.85. The molecule has 5 rings (SSSR count). The lowest BCUT2D eigenvalue weighted by molar-refractivity contribution is 0.237. The topological polar surface area (TPSA) is 112 Å². The molecule has 8 heteroatoms. The standard InChI is InChI=1S/C25H30N6O2/c1-16-11-19(31-10-9-26-15-31)13-21-23(16)30-24(29-21)22-20(7-8-27-25(22)33)28-18(14-32)12-17-5-3-2-4-6-17/h7-11,13,15,17-18,32H,2-6,12,14H2,1H3,(H,29,30)(H2,27,28,33)/t18-/m0/s1. The van der Waals surface area contributed by atoms with E-state index in [1.165, 1.54) is 32.1 Å². The van der Waals surface area contributed by atoms with E-state index in [4.69, 9.17) is 4.98 Å². The molecule has 33 heavy (non-hydrogen) atoms. The van der Waals surface area contributed by atoms with Crippen molar-refractivity contribution in [3.8, 4) is 17.1 Å². The second-order valence-corrected chi connectivity index (χ2v) is 9.07. The van der Waals surface area contributed by atoms with E-state index in [-0.39, 0.29) is 18.2 Å². The van der Waals surface area contributed by atoms with Crippen molar-refractivity contribution in [3.63, 3.8) is 0 Å². The summed E-state index contributed by atoms with van der Waals surface area (Å²) in [5, 5.41) is 13.5. The Morgan fingerprint density at radius 1 is 1.27 bits per heavy atom. The van der Waals surface area contributed by atoms with Gasteiger partial charge in [0.25, 0.3) is 5.56 Å². The molecule has 1 fully saturated rings. The first kappa shape index (κ1) is 21.5. The van der Waals surface area contributed by atoms with Crippen LogP contribution in [0.3, 0.4) is 0 Å². The highest BCUT2D eigenvalue weighted by Gasteiger charge is 2.21. The number of rotatable bonds is 7. The smallest absolute Gasteiger partial charge is 0.261 e. The van der Waals surface area contributed by atoms with Gasteiger partial charge < -0.3 is 25.0 Å². The van der Waals surface area contributed by atoms with Crippen LogP contribution in [-0.2, 0) is 0 Å². The molecule has 0 spiro atoms. The molecule has 3 aromatic heterocycles. The quantitative estimate of drug-likeness (QED) is 0.341. The average molecular weight is 447 g/mol. The number of hydrogen-bond donors (Lipinski definition) is 4. The molecule has 0 saturated heterocycles. The number of aryl methyl sites for hydroxylation is 1. The van der Waals surface area contributed by atoms with Crippen LogP contribution in [0.5, 0.6) is 0 Å². The van der Waals surface area contributed by atoms with Gasteiger partial charge in [0, 0.05) is 30.3 Å². The van der Waals surface area contributed by atoms with Crippen molar-refractivity contribution in [2.24, 2.45) is 5.92 Å². The Bertz CT molecular complexity index is 1280. The molecule has 1 atom stereocenters. The van der Waals surface area contributed by atoms with E-state index >= 15 is 0 Å². The lowest BCUT2D eigenvalue weighted by Gasteiger charge is -2.27. The number of nitrogens with zero attached hydrogens (tertiary/aromatic N) is 3. The minimum Gasteiger partial charge on any atom is -0.394 e. The van der Waals surface area contributed by atoms with Gasteiger partial charge in [0.1, 0.15) is 11.4 Å². The van der Waals surface area contributed by atoms with Crippen molar-refractivity contribution in [1.82, 2.24) is 24.5 Å². The molecule has 0 aliphatic heterocycles. The van der Waals surface area contributed by atoms with Gasteiger partial charge in [0.2, 0.25) is 0 Å². The summed E-state index contributed by atoms with van der Waals surface area (Å²) in [5.74, 6) is 1.12. The van der Waals surface area contributed by atoms with Gasteiger partial charge in [-0.05, 0) is 43.0 Å². The summed E-state index contributed by atoms with van der Waals surface area (Å²) >= 11 is 0. The second-order valence-electron chi connectivity index (χ2n) is 9.07. The van der Waals surface area contributed by atoms with Gasteiger partial charge in [-0.1, -0.05) is 32.1 Å². The molecule has 0 unspecified atom stereocenters. The molecule has 4 N–H and O–H groups in total. The van der Waals surface area contributed by atoms with Crippen molar-refractivity contribution in [2.45, 2.75) is 51.5 Å². The predicted molar refractivity (Wildman–Crippen MR) is 130 cm³/mol. The zero-order valence-electron chi connectivity index (χ0n) is 18.8. The van der Waals surface area contributed by atoms with Crippen LogP contribution in [0.25, 0.3) is 28.1 Å². The van der Waals surface area contributed by atoms with Crippen molar-refractivity contribution in [3.05, 3.63) is 59.0 Å². The van der Waals surface area contributed by atoms with Gasteiger partial charge in [-0.25, -0.2) is 9.97 Å². The maximum atomic E-state index is 12.9. The van der Waals surface area contributed by atoms with Crippen LogP contribution in [0.15, 0.2) is 47.9 Å². The molecular formula is C25H30N6O2. The van der Waals surface area contributed by atoms with E-state index in [1.54, 1.807) is 18.7 Å². The highest BCUT2D eigenvalue weighted by atomic mass is 16.3. The fourth-order valence-electron chi connectivity index (χ4n) is 5.01. The van der Waals surface area contributed by atoms with Crippen LogP contribution < -0.4 is 10.9 Å². The number of aliphatic hydroxyl groups is 1. The van der Waals surface area contributed by atoms with Crippen LogP contribution in [0, 0.1) is 12.8 Å². The fraction of sp³-hybridized carbons (Fsp3) is 0.400.